The van der Waals surface area contributed by atoms with E-state index in [-0.39, 0.29) is 0 Å². The zero-order valence-corrected chi connectivity index (χ0v) is 9.48. The molecule has 1 heterocycles. The van der Waals surface area contributed by atoms with E-state index in [1.165, 1.54) is 5.56 Å². The summed E-state index contributed by atoms with van der Waals surface area (Å²) in [5.74, 6) is 0.366. The highest BCUT2D eigenvalue weighted by atomic mass is 35.5. The van der Waals surface area contributed by atoms with Gasteiger partial charge >= 0.3 is 0 Å². The Morgan fingerprint density at radius 3 is 2.75 bits per heavy atom. The van der Waals surface area contributed by atoms with E-state index >= 15 is 0 Å². The van der Waals surface area contributed by atoms with Crippen molar-refractivity contribution >= 4 is 11.6 Å². The fourth-order valence-electron chi connectivity index (χ4n) is 2.40. The maximum Gasteiger partial charge on any atom is 0.136 e. The fourth-order valence-corrected chi connectivity index (χ4v) is 2.68. The minimum absolute atomic E-state index is 0.366. The Hall–Kier alpha value is -1.41. The van der Waals surface area contributed by atoms with Crippen molar-refractivity contribution in [1.29, 1.82) is 0 Å². The van der Waals surface area contributed by atoms with Crippen LogP contribution in [0.4, 0.5) is 0 Å². The normalized spacial score (nSPS) is 18.4. The monoisotopic (exact) mass is 230 g/mol. The summed E-state index contributed by atoms with van der Waals surface area (Å²) in [5.41, 5.74) is 3.53. The van der Waals surface area contributed by atoms with Crippen LogP contribution in [-0.4, -0.2) is 9.97 Å². The Morgan fingerprint density at radius 2 is 1.94 bits per heavy atom. The van der Waals surface area contributed by atoms with Crippen molar-refractivity contribution in [3.8, 4) is 0 Å². The van der Waals surface area contributed by atoms with E-state index in [1.807, 2.05) is 6.07 Å². The molecule has 80 valence electrons. The molecule has 1 aliphatic carbocycles. The van der Waals surface area contributed by atoms with Crippen molar-refractivity contribution in [1.82, 2.24) is 9.97 Å². The van der Waals surface area contributed by atoms with Gasteiger partial charge < -0.3 is 0 Å². The Morgan fingerprint density at radius 1 is 1.12 bits per heavy atom. The summed E-state index contributed by atoms with van der Waals surface area (Å²) in [4.78, 5) is 8.38. The molecule has 3 heteroatoms. The minimum atomic E-state index is 0.366. The first-order valence-corrected chi connectivity index (χ1v) is 5.78. The number of halogens is 1. The molecule has 0 radical (unpaired) electrons. The van der Waals surface area contributed by atoms with Crippen LogP contribution in [0.15, 0.2) is 36.7 Å². The maximum absolute atomic E-state index is 6.16. The molecule has 0 N–H and O–H groups in total. The van der Waals surface area contributed by atoms with Crippen molar-refractivity contribution in [2.45, 2.75) is 18.8 Å². The summed E-state index contributed by atoms with van der Waals surface area (Å²) in [5, 5.41) is 0.608. The van der Waals surface area contributed by atoms with E-state index in [1.54, 1.807) is 6.33 Å². The standard InChI is InChI=1S/C13H11ClN2/c14-13-12-10(9-4-2-1-3-5-9)6-7-11(12)15-8-16-13/h1-5,8,10H,6-7H2. The molecule has 1 unspecified atom stereocenters. The van der Waals surface area contributed by atoms with Gasteiger partial charge in [0.05, 0.1) is 0 Å². The van der Waals surface area contributed by atoms with Gasteiger partial charge in [-0.1, -0.05) is 41.9 Å². The van der Waals surface area contributed by atoms with E-state index in [9.17, 15) is 0 Å². The third-order valence-electron chi connectivity index (χ3n) is 3.14. The number of fused-ring (bicyclic) bond motifs is 1. The highest BCUT2D eigenvalue weighted by Gasteiger charge is 2.27. The first-order chi connectivity index (χ1) is 7.86. The summed E-state index contributed by atoms with van der Waals surface area (Å²) in [6.45, 7) is 0. The zero-order valence-electron chi connectivity index (χ0n) is 8.73. The number of hydrogen-bond acceptors (Lipinski definition) is 2. The van der Waals surface area contributed by atoms with Gasteiger partial charge in [0.1, 0.15) is 11.5 Å². The molecular formula is C13H11ClN2. The van der Waals surface area contributed by atoms with Gasteiger partial charge in [-0.15, -0.1) is 0 Å². The molecular weight excluding hydrogens is 220 g/mol. The molecule has 0 saturated heterocycles. The Kier molecular flexibility index (Phi) is 2.37. The Balaban J connectivity index is 2.10. The second-order valence-corrected chi connectivity index (χ2v) is 4.38. The lowest BCUT2D eigenvalue weighted by atomic mass is 9.95. The summed E-state index contributed by atoms with van der Waals surface area (Å²) >= 11 is 6.16. The van der Waals surface area contributed by atoms with Gasteiger partial charge in [0.15, 0.2) is 0 Å². The molecule has 0 saturated carbocycles. The van der Waals surface area contributed by atoms with Crippen LogP contribution in [0, 0.1) is 0 Å². The van der Waals surface area contributed by atoms with Gasteiger partial charge in [0.2, 0.25) is 0 Å². The number of aryl methyl sites for hydroxylation is 1. The van der Waals surface area contributed by atoms with Crippen molar-refractivity contribution in [3.63, 3.8) is 0 Å². The first-order valence-electron chi connectivity index (χ1n) is 5.40. The van der Waals surface area contributed by atoms with Crippen LogP contribution in [0.2, 0.25) is 5.15 Å². The van der Waals surface area contributed by atoms with Crippen LogP contribution in [0.1, 0.15) is 29.2 Å². The van der Waals surface area contributed by atoms with Crippen molar-refractivity contribution < 1.29 is 0 Å². The van der Waals surface area contributed by atoms with Crippen LogP contribution in [0.25, 0.3) is 0 Å². The lowest BCUT2D eigenvalue weighted by molar-refractivity contribution is 0.785. The maximum atomic E-state index is 6.16. The van der Waals surface area contributed by atoms with Crippen LogP contribution in [0.3, 0.4) is 0 Å². The van der Waals surface area contributed by atoms with Gasteiger partial charge in [0.25, 0.3) is 0 Å². The highest BCUT2D eigenvalue weighted by Crippen LogP contribution is 2.39. The summed E-state index contributed by atoms with van der Waals surface area (Å²) < 4.78 is 0. The van der Waals surface area contributed by atoms with Crippen molar-refractivity contribution in [2.24, 2.45) is 0 Å². The second-order valence-electron chi connectivity index (χ2n) is 4.03. The lowest BCUT2D eigenvalue weighted by Crippen LogP contribution is -1.98. The molecule has 3 rings (SSSR count). The number of benzene rings is 1. The SMILES string of the molecule is Clc1ncnc2c1C(c1ccccc1)CC2. The van der Waals surface area contributed by atoms with E-state index in [2.05, 4.69) is 34.2 Å². The predicted molar refractivity (Wildman–Crippen MR) is 63.6 cm³/mol. The van der Waals surface area contributed by atoms with Gasteiger partial charge in [0, 0.05) is 17.2 Å². The Labute approximate surface area is 99.3 Å². The minimum Gasteiger partial charge on any atom is -0.241 e. The summed E-state index contributed by atoms with van der Waals surface area (Å²) in [6, 6.07) is 10.4. The van der Waals surface area contributed by atoms with Crippen molar-refractivity contribution in [2.75, 3.05) is 0 Å². The molecule has 1 aromatic carbocycles. The third-order valence-corrected chi connectivity index (χ3v) is 3.44. The molecule has 16 heavy (non-hydrogen) atoms. The molecule has 2 nitrogen and oxygen atoms in total. The number of aromatic nitrogens is 2. The Bertz CT molecular complexity index is 511. The summed E-state index contributed by atoms with van der Waals surface area (Å²) in [7, 11) is 0. The van der Waals surface area contributed by atoms with Crippen molar-refractivity contribution in [3.05, 3.63) is 58.6 Å². The van der Waals surface area contributed by atoms with Crippen LogP contribution < -0.4 is 0 Å². The molecule has 1 aliphatic rings. The topological polar surface area (TPSA) is 25.8 Å². The molecule has 1 atom stereocenters. The van der Waals surface area contributed by atoms with Crippen LogP contribution in [0.5, 0.6) is 0 Å². The van der Waals surface area contributed by atoms with Gasteiger partial charge in [-0.2, -0.15) is 0 Å². The molecule has 0 bridgehead atoms. The van der Waals surface area contributed by atoms with E-state index in [4.69, 9.17) is 11.6 Å². The fraction of sp³-hybridized carbons (Fsp3) is 0.231. The number of rotatable bonds is 1. The number of nitrogens with zero attached hydrogens (tertiary/aromatic N) is 2. The zero-order chi connectivity index (χ0) is 11.0. The van der Waals surface area contributed by atoms with E-state index < -0.39 is 0 Å². The second kappa shape index (κ2) is 3.87. The first kappa shape index (κ1) is 9.79. The lowest BCUT2D eigenvalue weighted by Gasteiger charge is -2.11. The number of hydrogen-bond donors (Lipinski definition) is 0. The summed E-state index contributed by atoms with van der Waals surface area (Å²) in [6.07, 6.45) is 3.63. The van der Waals surface area contributed by atoms with E-state index in [0.717, 1.165) is 24.1 Å². The van der Waals surface area contributed by atoms with Gasteiger partial charge in [-0.3, -0.25) is 0 Å². The third kappa shape index (κ3) is 1.50. The smallest absolute Gasteiger partial charge is 0.136 e. The highest BCUT2D eigenvalue weighted by molar-refractivity contribution is 6.30. The predicted octanol–water partition coefficient (Wildman–Crippen LogP) is 3.21. The molecule has 2 aromatic rings. The quantitative estimate of drug-likeness (QED) is 0.703. The van der Waals surface area contributed by atoms with Gasteiger partial charge in [-0.05, 0) is 18.4 Å². The van der Waals surface area contributed by atoms with E-state index in [0.29, 0.717) is 11.1 Å². The van der Waals surface area contributed by atoms with Crippen LogP contribution in [-0.2, 0) is 6.42 Å². The molecule has 0 aliphatic heterocycles. The largest absolute Gasteiger partial charge is 0.241 e. The average Bonchev–Trinajstić information content (AvgIpc) is 2.75. The molecule has 0 amide bonds. The molecule has 0 fully saturated rings. The molecule has 1 aromatic heterocycles. The van der Waals surface area contributed by atoms with Crippen LogP contribution >= 0.6 is 11.6 Å². The average molecular weight is 231 g/mol. The molecule has 0 spiro atoms. The van der Waals surface area contributed by atoms with Gasteiger partial charge in [-0.25, -0.2) is 9.97 Å².